The average Bonchev–Trinajstić information content (AvgIpc) is 2.61. The van der Waals surface area contributed by atoms with Crippen molar-refractivity contribution >= 4 is 11.7 Å². The summed E-state index contributed by atoms with van der Waals surface area (Å²) < 4.78 is 11.4. The van der Waals surface area contributed by atoms with Crippen molar-refractivity contribution in [2.24, 2.45) is 0 Å². The molecule has 1 heterocycles. The molecule has 0 saturated heterocycles. The maximum atomic E-state index is 12.4. The van der Waals surface area contributed by atoms with Gasteiger partial charge in [0.1, 0.15) is 12.4 Å². The van der Waals surface area contributed by atoms with Gasteiger partial charge in [-0.3, -0.25) is 9.59 Å². The summed E-state index contributed by atoms with van der Waals surface area (Å²) in [6.45, 7) is 3.62. The molecule has 0 unspecified atom stereocenters. The fraction of sp³-hybridized carbons (Fsp3) is 0.300. The summed E-state index contributed by atoms with van der Waals surface area (Å²) in [5.74, 6) is 0.962. The quantitative estimate of drug-likeness (QED) is 0.910. The van der Waals surface area contributed by atoms with Gasteiger partial charge in [-0.2, -0.15) is 0 Å². The van der Waals surface area contributed by atoms with E-state index in [0.29, 0.717) is 17.9 Å². The Morgan fingerprint density at radius 3 is 2.64 bits per heavy atom. The van der Waals surface area contributed by atoms with E-state index >= 15 is 0 Å². The summed E-state index contributed by atoms with van der Waals surface area (Å²) in [4.78, 5) is 23.7. The number of ketones is 1. The van der Waals surface area contributed by atoms with Crippen molar-refractivity contribution in [3.63, 3.8) is 0 Å². The Kier molecular flexibility index (Phi) is 5.03. The molecule has 2 aromatic rings. The minimum atomic E-state index is -0.697. The number of hydrogen-bond donors (Lipinski definition) is 1. The van der Waals surface area contributed by atoms with Crippen molar-refractivity contribution in [3.05, 3.63) is 59.7 Å². The number of ether oxygens (including phenoxy) is 2. The number of rotatable bonds is 5. The number of nitrogens with one attached hydrogen (secondary N) is 1. The van der Waals surface area contributed by atoms with Crippen LogP contribution in [0.3, 0.4) is 0 Å². The normalized spacial score (nSPS) is 16.8. The van der Waals surface area contributed by atoms with E-state index in [1.54, 1.807) is 19.1 Å². The van der Waals surface area contributed by atoms with E-state index in [-0.39, 0.29) is 24.3 Å². The lowest BCUT2D eigenvalue weighted by Gasteiger charge is -2.27. The molecule has 0 spiro atoms. The Labute approximate surface area is 147 Å². The molecule has 0 aliphatic carbocycles. The lowest BCUT2D eigenvalue weighted by molar-refractivity contribution is -0.131. The summed E-state index contributed by atoms with van der Waals surface area (Å²) in [5.41, 5.74) is 1.90. The van der Waals surface area contributed by atoms with Crippen molar-refractivity contribution in [1.82, 2.24) is 5.32 Å². The lowest BCUT2D eigenvalue weighted by atomic mass is 10.1. The first-order valence-corrected chi connectivity index (χ1v) is 8.30. The molecule has 3 rings (SSSR count). The van der Waals surface area contributed by atoms with Crippen LogP contribution < -0.4 is 14.8 Å². The molecule has 0 bridgehead atoms. The van der Waals surface area contributed by atoms with Gasteiger partial charge >= 0.3 is 0 Å². The van der Waals surface area contributed by atoms with Gasteiger partial charge in [0.05, 0.1) is 6.04 Å². The van der Waals surface area contributed by atoms with Gasteiger partial charge in [0.15, 0.2) is 11.5 Å². The molecule has 130 valence electrons. The molecule has 2 aromatic carbocycles. The van der Waals surface area contributed by atoms with Crippen LogP contribution in [-0.4, -0.2) is 24.4 Å². The van der Waals surface area contributed by atoms with Gasteiger partial charge in [-0.25, -0.2) is 0 Å². The molecule has 5 nitrogen and oxygen atoms in total. The first-order valence-electron chi connectivity index (χ1n) is 8.30. The molecular formula is C20H21NO4. The molecule has 2 atom stereocenters. The zero-order chi connectivity index (χ0) is 17.8. The van der Waals surface area contributed by atoms with Gasteiger partial charge in [0.25, 0.3) is 5.91 Å². The molecule has 0 fully saturated rings. The maximum absolute atomic E-state index is 12.4. The highest BCUT2D eigenvalue weighted by atomic mass is 16.6. The number of hydrogen-bond acceptors (Lipinski definition) is 4. The number of carbonyl (C=O) groups excluding carboxylic acids is 2. The van der Waals surface area contributed by atoms with Gasteiger partial charge in [-0.1, -0.05) is 36.4 Å². The van der Waals surface area contributed by atoms with E-state index in [1.807, 2.05) is 43.3 Å². The Morgan fingerprint density at radius 1 is 1.16 bits per heavy atom. The van der Waals surface area contributed by atoms with Crippen LogP contribution in [0.25, 0.3) is 0 Å². The van der Waals surface area contributed by atoms with Crippen LogP contribution in [0.1, 0.15) is 31.0 Å². The summed E-state index contributed by atoms with van der Waals surface area (Å²) in [6.07, 6.45) is -0.341. The van der Waals surface area contributed by atoms with Gasteiger partial charge in [-0.05, 0) is 37.1 Å². The van der Waals surface area contributed by atoms with Crippen LogP contribution >= 0.6 is 0 Å². The van der Waals surface area contributed by atoms with Crippen molar-refractivity contribution < 1.29 is 19.1 Å². The Bertz CT molecular complexity index is 773. The van der Waals surface area contributed by atoms with Gasteiger partial charge in [0, 0.05) is 6.42 Å². The summed E-state index contributed by atoms with van der Waals surface area (Å²) in [5, 5.41) is 2.95. The third-order valence-corrected chi connectivity index (χ3v) is 4.07. The van der Waals surface area contributed by atoms with Gasteiger partial charge in [0.2, 0.25) is 6.10 Å². The second-order valence-electron chi connectivity index (χ2n) is 6.22. The van der Waals surface area contributed by atoms with E-state index in [4.69, 9.17) is 9.47 Å². The van der Waals surface area contributed by atoms with E-state index in [0.717, 1.165) is 11.1 Å². The highest BCUT2D eigenvalue weighted by Gasteiger charge is 2.28. The first kappa shape index (κ1) is 17.0. The third kappa shape index (κ3) is 4.18. The van der Waals surface area contributed by atoms with Crippen molar-refractivity contribution in [2.45, 2.75) is 32.4 Å². The molecule has 25 heavy (non-hydrogen) atoms. The number of Topliss-reactive ketones (excluding diaryl/α,β-unsaturated/α-hetero) is 1. The van der Waals surface area contributed by atoms with Crippen molar-refractivity contribution in [2.75, 3.05) is 6.61 Å². The minimum Gasteiger partial charge on any atom is -0.485 e. The van der Waals surface area contributed by atoms with Crippen LogP contribution in [0.2, 0.25) is 0 Å². The van der Waals surface area contributed by atoms with E-state index < -0.39 is 6.10 Å². The molecule has 5 heteroatoms. The third-order valence-electron chi connectivity index (χ3n) is 4.07. The highest BCUT2D eigenvalue weighted by Crippen LogP contribution is 2.33. The number of carbonyl (C=O) groups is 2. The molecule has 0 radical (unpaired) electrons. The molecule has 0 saturated carbocycles. The number of fused-ring (bicyclic) bond motifs is 1. The summed E-state index contributed by atoms with van der Waals surface area (Å²) >= 11 is 0. The van der Waals surface area contributed by atoms with Crippen LogP contribution in [0.5, 0.6) is 11.5 Å². The minimum absolute atomic E-state index is 0.0869. The van der Waals surface area contributed by atoms with Crippen LogP contribution in [-0.2, 0) is 16.0 Å². The summed E-state index contributed by atoms with van der Waals surface area (Å²) in [7, 11) is 0. The Morgan fingerprint density at radius 2 is 1.92 bits per heavy atom. The fourth-order valence-corrected chi connectivity index (χ4v) is 2.77. The van der Waals surface area contributed by atoms with E-state index in [1.165, 1.54) is 0 Å². The molecule has 1 N–H and O–H groups in total. The molecule has 1 aliphatic rings. The number of benzene rings is 2. The SMILES string of the molecule is CC(=O)Cc1ccc2c(c1)OC[C@H](C(=O)N[C@H](C)c1ccccc1)O2. The second kappa shape index (κ2) is 7.38. The van der Waals surface area contributed by atoms with Crippen molar-refractivity contribution in [3.8, 4) is 11.5 Å². The first-order chi connectivity index (χ1) is 12.0. The Hall–Kier alpha value is -2.82. The molecule has 1 amide bonds. The zero-order valence-electron chi connectivity index (χ0n) is 14.3. The molecular weight excluding hydrogens is 318 g/mol. The molecule has 0 aromatic heterocycles. The fourth-order valence-electron chi connectivity index (χ4n) is 2.77. The van der Waals surface area contributed by atoms with Crippen LogP contribution in [0.4, 0.5) is 0 Å². The predicted octanol–water partition coefficient (Wildman–Crippen LogP) is 2.84. The maximum Gasteiger partial charge on any atom is 0.265 e. The monoisotopic (exact) mass is 339 g/mol. The van der Waals surface area contributed by atoms with Crippen LogP contribution in [0.15, 0.2) is 48.5 Å². The van der Waals surface area contributed by atoms with Gasteiger partial charge in [-0.15, -0.1) is 0 Å². The standard InChI is InChI=1S/C20H21NO4/c1-13(22)10-15-8-9-17-18(11-15)24-12-19(25-17)20(23)21-14(2)16-6-4-3-5-7-16/h3-9,11,14,19H,10,12H2,1-2H3,(H,21,23)/t14-,19-/m1/s1. The smallest absolute Gasteiger partial charge is 0.265 e. The topological polar surface area (TPSA) is 64.6 Å². The van der Waals surface area contributed by atoms with Gasteiger partial charge < -0.3 is 14.8 Å². The lowest BCUT2D eigenvalue weighted by Crippen LogP contribution is -2.44. The van der Waals surface area contributed by atoms with E-state index in [9.17, 15) is 9.59 Å². The summed E-state index contributed by atoms with van der Waals surface area (Å²) in [6, 6.07) is 15.0. The average molecular weight is 339 g/mol. The zero-order valence-corrected chi connectivity index (χ0v) is 14.3. The second-order valence-corrected chi connectivity index (χ2v) is 6.22. The van der Waals surface area contributed by atoms with E-state index in [2.05, 4.69) is 5.32 Å². The largest absolute Gasteiger partial charge is 0.485 e. The number of amides is 1. The molecule has 1 aliphatic heterocycles. The van der Waals surface area contributed by atoms with Crippen LogP contribution in [0, 0.1) is 0 Å². The predicted molar refractivity (Wildman–Crippen MR) is 93.7 cm³/mol. The highest BCUT2D eigenvalue weighted by molar-refractivity contribution is 5.82. The van der Waals surface area contributed by atoms with Crippen molar-refractivity contribution in [1.29, 1.82) is 0 Å². The Balaban J connectivity index is 1.64.